The van der Waals surface area contributed by atoms with Gasteiger partial charge in [-0.25, -0.2) is 0 Å². The van der Waals surface area contributed by atoms with Crippen LogP contribution in [0.15, 0.2) is 72.8 Å². The minimum atomic E-state index is -0.0471. The predicted molar refractivity (Wildman–Crippen MR) is 123 cm³/mol. The number of hydrogen-bond donors (Lipinski definition) is 2. The lowest BCUT2D eigenvalue weighted by molar-refractivity contribution is 0.0949. The van der Waals surface area contributed by atoms with Crippen molar-refractivity contribution in [3.63, 3.8) is 0 Å². The fourth-order valence-corrected chi connectivity index (χ4v) is 3.00. The number of benzene rings is 3. The van der Waals surface area contributed by atoms with Gasteiger partial charge < -0.3 is 15.4 Å². The van der Waals surface area contributed by atoms with Crippen molar-refractivity contribution >= 4 is 11.6 Å². The van der Waals surface area contributed by atoms with Crippen molar-refractivity contribution in [2.24, 2.45) is 5.92 Å². The lowest BCUT2D eigenvalue weighted by Gasteiger charge is -2.14. The third-order valence-electron chi connectivity index (χ3n) is 4.77. The Balaban J connectivity index is 1.61. The summed E-state index contributed by atoms with van der Waals surface area (Å²) >= 11 is 0. The van der Waals surface area contributed by atoms with Crippen molar-refractivity contribution in [3.05, 3.63) is 95.1 Å². The van der Waals surface area contributed by atoms with Gasteiger partial charge in [0.15, 0.2) is 0 Å². The molecule has 0 radical (unpaired) electrons. The summed E-state index contributed by atoms with van der Waals surface area (Å²) in [6.07, 6.45) is 0. The summed E-state index contributed by atoms with van der Waals surface area (Å²) < 4.78 is 6.06. The van der Waals surface area contributed by atoms with Gasteiger partial charge in [0.2, 0.25) is 0 Å². The summed E-state index contributed by atoms with van der Waals surface area (Å²) in [5.41, 5.74) is 5.01. The largest absolute Gasteiger partial charge is 0.489 e. The number of hydrogen-bond acceptors (Lipinski definition) is 3. The van der Waals surface area contributed by atoms with Crippen LogP contribution in [0.4, 0.5) is 5.69 Å². The van der Waals surface area contributed by atoms with Gasteiger partial charge in [-0.2, -0.15) is 0 Å². The van der Waals surface area contributed by atoms with E-state index in [0.29, 0.717) is 31.2 Å². The van der Waals surface area contributed by atoms with Crippen molar-refractivity contribution in [2.75, 3.05) is 11.9 Å². The molecule has 0 aliphatic carbocycles. The van der Waals surface area contributed by atoms with Gasteiger partial charge in [0.1, 0.15) is 12.4 Å². The van der Waals surface area contributed by atoms with Gasteiger partial charge in [0, 0.05) is 29.9 Å². The Kier molecular flexibility index (Phi) is 7.50. The van der Waals surface area contributed by atoms with Gasteiger partial charge in [0.25, 0.3) is 5.91 Å². The van der Waals surface area contributed by atoms with Crippen LogP contribution in [0.1, 0.15) is 40.9 Å². The number of nitrogens with one attached hydrogen (secondary N) is 2. The van der Waals surface area contributed by atoms with Crippen molar-refractivity contribution in [3.8, 4) is 5.75 Å². The Bertz CT molecular complexity index is 965. The van der Waals surface area contributed by atoms with E-state index < -0.39 is 0 Å². The first-order chi connectivity index (χ1) is 14.5. The van der Waals surface area contributed by atoms with Crippen LogP contribution in [0.2, 0.25) is 0 Å². The van der Waals surface area contributed by atoms with E-state index in [1.54, 1.807) is 0 Å². The van der Waals surface area contributed by atoms with Crippen LogP contribution in [0, 0.1) is 12.8 Å². The molecular weight excluding hydrogens is 372 g/mol. The Labute approximate surface area is 179 Å². The fourth-order valence-electron chi connectivity index (χ4n) is 3.00. The highest BCUT2D eigenvalue weighted by Crippen LogP contribution is 2.21. The molecule has 0 saturated carbocycles. The number of carbonyl (C=O) groups is 1. The number of carbonyl (C=O) groups excluding carboxylic acids is 1. The normalized spacial score (nSPS) is 10.7. The lowest BCUT2D eigenvalue weighted by Crippen LogP contribution is -2.27. The second-order valence-corrected chi connectivity index (χ2v) is 7.92. The minimum Gasteiger partial charge on any atom is -0.489 e. The Hall–Kier alpha value is -3.27. The maximum atomic E-state index is 12.3. The second kappa shape index (κ2) is 10.5. The lowest BCUT2D eigenvalue weighted by atomic mass is 10.1. The van der Waals surface area contributed by atoms with Crippen molar-refractivity contribution in [1.82, 2.24) is 5.32 Å². The van der Waals surface area contributed by atoms with Crippen LogP contribution in [0.3, 0.4) is 0 Å². The van der Waals surface area contributed by atoms with Crippen molar-refractivity contribution < 1.29 is 9.53 Å². The highest BCUT2D eigenvalue weighted by Gasteiger charge is 2.08. The quantitative estimate of drug-likeness (QED) is 0.492. The zero-order chi connectivity index (χ0) is 21.3. The Morgan fingerprint density at radius 1 is 0.967 bits per heavy atom. The predicted octanol–water partition coefficient (Wildman–Crippen LogP) is 5.57. The molecule has 3 rings (SSSR count). The molecule has 3 aromatic rings. The summed E-state index contributed by atoms with van der Waals surface area (Å²) in [4.78, 5) is 12.3. The van der Waals surface area contributed by atoms with E-state index in [0.717, 1.165) is 22.6 Å². The number of aryl methyl sites for hydroxylation is 1. The average molecular weight is 403 g/mol. The van der Waals surface area contributed by atoms with Crippen LogP contribution >= 0.6 is 0 Å². The summed E-state index contributed by atoms with van der Waals surface area (Å²) in [5.74, 6) is 1.23. The summed E-state index contributed by atoms with van der Waals surface area (Å²) in [6, 6.07) is 24.0. The molecule has 0 saturated heterocycles. The third-order valence-corrected chi connectivity index (χ3v) is 4.77. The van der Waals surface area contributed by atoms with E-state index in [4.69, 9.17) is 4.74 Å². The summed E-state index contributed by atoms with van der Waals surface area (Å²) in [5, 5.41) is 6.36. The second-order valence-electron chi connectivity index (χ2n) is 7.92. The first kappa shape index (κ1) is 21.4. The summed E-state index contributed by atoms with van der Waals surface area (Å²) in [6.45, 7) is 8.05. The van der Waals surface area contributed by atoms with Crippen LogP contribution in [0.5, 0.6) is 5.75 Å². The molecule has 4 heteroatoms. The highest BCUT2D eigenvalue weighted by atomic mass is 16.5. The van der Waals surface area contributed by atoms with E-state index in [1.807, 2.05) is 42.5 Å². The SMILES string of the molecule is Cc1ccc(COc2ccccc2CNc2cccc(C(=O)NCC(C)C)c2)cc1. The first-order valence-electron chi connectivity index (χ1n) is 10.4. The Morgan fingerprint density at radius 2 is 1.73 bits per heavy atom. The number of anilines is 1. The van der Waals surface area contributed by atoms with E-state index in [9.17, 15) is 4.79 Å². The molecule has 0 aromatic heterocycles. The molecule has 0 bridgehead atoms. The van der Waals surface area contributed by atoms with Gasteiger partial charge in [-0.1, -0.05) is 67.9 Å². The molecule has 2 N–H and O–H groups in total. The van der Waals surface area contributed by atoms with Gasteiger partial charge in [-0.05, 0) is 42.7 Å². The van der Waals surface area contributed by atoms with Crippen LogP contribution in [-0.4, -0.2) is 12.5 Å². The fraction of sp³-hybridized carbons (Fsp3) is 0.269. The molecule has 0 spiro atoms. The smallest absolute Gasteiger partial charge is 0.251 e. The number of amides is 1. The molecule has 0 fully saturated rings. The topological polar surface area (TPSA) is 50.4 Å². The standard InChI is InChI=1S/C26H30N2O2/c1-19(2)16-28-26(29)22-8-6-9-24(15-22)27-17-23-7-4-5-10-25(23)30-18-21-13-11-20(3)12-14-21/h4-15,19,27H,16-18H2,1-3H3,(H,28,29). The van der Waals surface area contributed by atoms with Gasteiger partial charge >= 0.3 is 0 Å². The van der Waals surface area contributed by atoms with E-state index >= 15 is 0 Å². The van der Waals surface area contributed by atoms with E-state index in [-0.39, 0.29) is 5.91 Å². The molecule has 0 unspecified atom stereocenters. The first-order valence-corrected chi connectivity index (χ1v) is 10.4. The van der Waals surface area contributed by atoms with Crippen LogP contribution < -0.4 is 15.4 Å². The van der Waals surface area contributed by atoms with Crippen LogP contribution in [0.25, 0.3) is 0 Å². The molecule has 0 heterocycles. The monoisotopic (exact) mass is 402 g/mol. The third kappa shape index (κ3) is 6.38. The number of para-hydroxylation sites is 1. The number of rotatable bonds is 9. The molecule has 4 nitrogen and oxygen atoms in total. The minimum absolute atomic E-state index is 0.0471. The van der Waals surface area contributed by atoms with E-state index in [1.165, 1.54) is 5.56 Å². The van der Waals surface area contributed by atoms with Crippen molar-refractivity contribution in [2.45, 2.75) is 33.9 Å². The molecule has 0 aliphatic heterocycles. The molecule has 156 valence electrons. The molecular formula is C26H30N2O2. The molecule has 3 aromatic carbocycles. The zero-order valence-electron chi connectivity index (χ0n) is 17.9. The zero-order valence-corrected chi connectivity index (χ0v) is 17.9. The van der Waals surface area contributed by atoms with Crippen molar-refractivity contribution in [1.29, 1.82) is 0 Å². The highest BCUT2D eigenvalue weighted by molar-refractivity contribution is 5.95. The van der Waals surface area contributed by atoms with Gasteiger partial charge in [-0.15, -0.1) is 0 Å². The number of ether oxygens (including phenoxy) is 1. The van der Waals surface area contributed by atoms with Gasteiger partial charge in [-0.3, -0.25) is 4.79 Å². The average Bonchev–Trinajstić information content (AvgIpc) is 2.76. The Morgan fingerprint density at radius 3 is 2.50 bits per heavy atom. The molecule has 0 atom stereocenters. The maximum Gasteiger partial charge on any atom is 0.251 e. The maximum absolute atomic E-state index is 12.3. The van der Waals surface area contributed by atoms with Crippen LogP contribution in [-0.2, 0) is 13.2 Å². The molecule has 1 amide bonds. The molecule has 0 aliphatic rings. The summed E-state index contributed by atoms with van der Waals surface area (Å²) in [7, 11) is 0. The van der Waals surface area contributed by atoms with Gasteiger partial charge in [0.05, 0.1) is 0 Å². The van der Waals surface area contributed by atoms with E-state index in [2.05, 4.69) is 61.7 Å². The molecule has 30 heavy (non-hydrogen) atoms.